The molecule has 3 aliphatic heterocycles. The summed E-state index contributed by atoms with van der Waals surface area (Å²) >= 11 is 0. The molecule has 0 bridgehead atoms. The highest BCUT2D eigenvalue weighted by Gasteiger charge is 2.36. The van der Waals surface area contributed by atoms with Crippen LogP contribution in [0.2, 0.25) is 0 Å². The van der Waals surface area contributed by atoms with E-state index in [1.165, 1.54) is 61.5 Å². The Hall–Kier alpha value is -15.1. The minimum absolute atomic E-state index is 0.0553. The van der Waals surface area contributed by atoms with Gasteiger partial charge in [-0.1, -0.05) is 36.0 Å². The average molecular weight is 1530 g/mol. The summed E-state index contributed by atoms with van der Waals surface area (Å²) in [6.45, 7) is 9.07. The second-order valence-corrected chi connectivity index (χ2v) is 26.0. The molecule has 4 aromatic carbocycles. The molecule has 0 aliphatic carbocycles. The summed E-state index contributed by atoms with van der Waals surface area (Å²) in [6, 6.07) is 32.8. The van der Waals surface area contributed by atoms with Gasteiger partial charge in [-0.05, 0) is 179 Å². The van der Waals surface area contributed by atoms with E-state index in [0.717, 1.165) is 17.7 Å². The lowest BCUT2D eigenvalue weighted by atomic mass is 10.2. The Kier molecular flexibility index (Phi) is 21.8. The molecule has 12 aromatic rings. The van der Waals surface area contributed by atoms with Gasteiger partial charge in [-0.3, -0.25) is 56.2 Å². The van der Waals surface area contributed by atoms with Gasteiger partial charge in [0.1, 0.15) is 47.2 Å². The number of halogens is 3. The molecule has 0 unspecified atom stereocenters. The van der Waals surface area contributed by atoms with E-state index in [0.29, 0.717) is 126 Å². The fourth-order valence-corrected chi connectivity index (χ4v) is 13.5. The quantitative estimate of drug-likeness (QED) is 0.0688. The third-order valence-corrected chi connectivity index (χ3v) is 18.9. The van der Waals surface area contributed by atoms with Crippen LogP contribution >= 0.6 is 0 Å². The SMILES string of the molecule is CC#CC(=O)N1CC[C@@H](n2c(=O)n(-c3ccc(C(=O)Nc4cc(C)ccn4)cc3)c3c(N)ncnc32)C1.CC#CC(=O)N1CC[C@@H](n2c(=O)n(-c3ccc(C(=O)Nc4ccc(C(F)(F)F)cn4)cc3)c3c(N)ncnc32)C1.CC#CC(=O)N1CC[C@@H](n2c(=O)n(-c3ccc(NC(=O)c4ccccc4)cc3)c3c(N)ncnc32)C1. The van der Waals surface area contributed by atoms with Gasteiger partial charge in [-0.2, -0.15) is 13.2 Å². The monoisotopic (exact) mass is 1530 g/mol. The number of benzene rings is 4. The van der Waals surface area contributed by atoms with Gasteiger partial charge in [0.25, 0.3) is 35.4 Å². The molecule has 15 rings (SSSR count). The number of rotatable bonds is 12. The molecule has 0 saturated carbocycles. The van der Waals surface area contributed by atoms with Crippen molar-refractivity contribution in [2.75, 3.05) is 72.4 Å². The van der Waals surface area contributed by atoms with Crippen molar-refractivity contribution in [2.45, 2.75) is 71.3 Å². The van der Waals surface area contributed by atoms with Gasteiger partial charge in [-0.25, -0.2) is 54.3 Å². The summed E-state index contributed by atoms with van der Waals surface area (Å²) in [5.41, 5.74) is 22.6. The van der Waals surface area contributed by atoms with Crippen LogP contribution in [0.5, 0.6) is 0 Å². The molecule has 3 fully saturated rings. The minimum atomic E-state index is -4.54. The Morgan fingerprint density at radius 3 is 1.18 bits per heavy atom. The average Bonchev–Trinajstić information content (AvgIpc) is 1.60. The highest BCUT2D eigenvalue weighted by atomic mass is 19.4. The molecule has 3 aliphatic rings. The van der Waals surface area contributed by atoms with Crippen molar-refractivity contribution in [3.63, 3.8) is 0 Å². The van der Waals surface area contributed by atoms with Crippen molar-refractivity contribution < 1.29 is 41.9 Å². The van der Waals surface area contributed by atoms with Gasteiger partial charge in [0.2, 0.25) is 0 Å². The van der Waals surface area contributed by atoms with E-state index < -0.39 is 23.3 Å². The Morgan fingerprint density at radius 1 is 0.442 bits per heavy atom. The van der Waals surface area contributed by atoms with E-state index >= 15 is 0 Å². The Labute approximate surface area is 639 Å². The summed E-state index contributed by atoms with van der Waals surface area (Å²) in [5.74, 6) is 14.2. The largest absolute Gasteiger partial charge is 0.417 e. The number of carbonyl (C=O) groups is 6. The lowest BCUT2D eigenvalue weighted by Gasteiger charge is -2.14. The summed E-state index contributed by atoms with van der Waals surface area (Å²) in [6.07, 6.45) is 3.27. The molecule has 6 amide bonds. The number of amides is 6. The molecule has 0 spiro atoms. The number of hydrogen-bond donors (Lipinski definition) is 6. The van der Waals surface area contributed by atoms with E-state index in [4.69, 9.17) is 17.2 Å². The van der Waals surface area contributed by atoms with Crippen molar-refractivity contribution >= 4 is 104 Å². The topological polar surface area (TPSA) is 410 Å². The number of nitrogens with two attached hydrogens (primary N) is 3. The van der Waals surface area contributed by atoms with E-state index in [1.54, 1.807) is 130 Å². The van der Waals surface area contributed by atoms with Crippen molar-refractivity contribution in [1.29, 1.82) is 0 Å². The third kappa shape index (κ3) is 15.8. The van der Waals surface area contributed by atoms with Crippen molar-refractivity contribution in [3.8, 4) is 52.6 Å². The number of aromatic nitrogens is 14. The maximum absolute atomic E-state index is 13.7. The number of aryl methyl sites for hydroxylation is 1. The van der Waals surface area contributed by atoms with E-state index in [-0.39, 0.29) is 99.9 Å². The second kappa shape index (κ2) is 32.4. The molecule has 8 aromatic heterocycles. The lowest BCUT2D eigenvalue weighted by molar-refractivity contribution is -0.137. The molecule has 570 valence electrons. The number of alkyl halides is 3. The molecule has 0 radical (unpaired) electrons. The summed E-state index contributed by atoms with van der Waals surface area (Å²) in [4.78, 5) is 153. The Morgan fingerprint density at radius 2 is 0.814 bits per heavy atom. The first-order chi connectivity index (χ1) is 54.4. The fourth-order valence-electron chi connectivity index (χ4n) is 13.5. The summed E-state index contributed by atoms with van der Waals surface area (Å²) < 4.78 is 47.1. The maximum Gasteiger partial charge on any atom is 0.417 e. The summed E-state index contributed by atoms with van der Waals surface area (Å²) in [5, 5.41) is 8.05. The molecule has 3 saturated heterocycles. The smallest absolute Gasteiger partial charge is 0.382 e. The molecular formula is C78H68F3N23O9. The molecule has 32 nitrogen and oxygen atoms in total. The van der Waals surface area contributed by atoms with Gasteiger partial charge in [-0.15, -0.1) is 0 Å². The molecule has 9 N–H and O–H groups in total. The van der Waals surface area contributed by atoms with Crippen LogP contribution in [0.4, 0.5) is 47.9 Å². The van der Waals surface area contributed by atoms with Crippen LogP contribution in [0.15, 0.2) is 173 Å². The van der Waals surface area contributed by atoms with E-state index in [9.17, 15) is 56.3 Å². The molecular weight excluding hydrogens is 1460 g/mol. The van der Waals surface area contributed by atoms with Gasteiger partial charge in [0, 0.05) is 74.0 Å². The zero-order chi connectivity index (χ0) is 79.9. The van der Waals surface area contributed by atoms with Gasteiger partial charge < -0.3 is 47.9 Å². The number of imidazole rings is 3. The standard InChI is InChI=1S/C26H21F3N8O3.C26H24N8O3.C26H23N7O3/c1-2-3-20(38)35-11-10-18(13-35)37-23-21(22(30)32-14-33-23)36(25(37)40)17-7-4-15(5-8-17)24(39)34-19-9-6-16(12-31-19)26(27,28)29;1-3-4-21(35)32-12-10-19(14-32)34-24-22(23(27)29-15-30-24)33(26(34)37)18-7-5-17(6-8-18)25(36)31-20-13-16(2)9-11-28-20;1-2-6-21(34)31-14-13-20(15-31)33-24-22(23(27)28-16-29-24)32(26(33)36)19-11-9-18(10-12-19)30-25(35)17-7-4-3-5-8-17/h4-9,12,14,18H,10-11,13H2,1H3,(H2,30,32,33)(H,31,34,39);5-9,11,13,15,19H,10,12,14H2,1-2H3,(H2,27,29,30)(H,28,31,36);3-5,7-12,16,20H,13-15H2,1H3,(H,30,35)(H2,27,28,29)/t18-;19-;20-/m111/s1. The maximum atomic E-state index is 13.7. The Balaban J connectivity index is 0.000000148. The number of carbonyl (C=O) groups excluding carboxylic acids is 6. The first kappa shape index (κ1) is 76.1. The Bertz CT molecular complexity index is 6140. The van der Waals surface area contributed by atoms with E-state index in [2.05, 4.69) is 91.3 Å². The van der Waals surface area contributed by atoms with Crippen LogP contribution in [0.1, 0.15) is 100 Å². The third-order valence-electron chi connectivity index (χ3n) is 18.9. The number of fused-ring (bicyclic) bond motifs is 3. The molecule has 113 heavy (non-hydrogen) atoms. The molecule has 3 atom stereocenters. The first-order valence-electron chi connectivity index (χ1n) is 35.0. The van der Waals surface area contributed by atoms with Crippen molar-refractivity contribution in [3.05, 3.63) is 218 Å². The minimum Gasteiger partial charge on any atom is -0.382 e. The van der Waals surface area contributed by atoms with Gasteiger partial charge >= 0.3 is 23.2 Å². The summed E-state index contributed by atoms with van der Waals surface area (Å²) in [7, 11) is 0. The number of pyridine rings is 2. The molecule has 35 heteroatoms. The normalized spacial score (nSPS) is 15.0. The highest BCUT2D eigenvalue weighted by molar-refractivity contribution is 6.06. The van der Waals surface area contributed by atoms with Crippen molar-refractivity contribution in [1.82, 2.24) is 82.0 Å². The van der Waals surface area contributed by atoms with Crippen LogP contribution in [0.25, 0.3) is 50.6 Å². The number of nitrogens with one attached hydrogen (secondary N) is 3. The van der Waals surface area contributed by atoms with Crippen LogP contribution < -0.4 is 50.2 Å². The highest BCUT2D eigenvalue weighted by Crippen LogP contribution is 2.33. The molecule has 11 heterocycles. The number of nitrogens with zero attached hydrogens (tertiary/aromatic N) is 17. The van der Waals surface area contributed by atoms with Crippen LogP contribution in [-0.2, 0) is 20.6 Å². The van der Waals surface area contributed by atoms with Crippen LogP contribution in [-0.4, -0.2) is 157 Å². The van der Waals surface area contributed by atoms with Crippen LogP contribution in [0, 0.1) is 42.4 Å². The van der Waals surface area contributed by atoms with Gasteiger partial charge in [0.05, 0.1) is 40.8 Å². The predicted octanol–water partition coefficient (Wildman–Crippen LogP) is 6.76. The number of nitrogen functional groups attached to an aromatic ring is 3. The lowest BCUT2D eigenvalue weighted by Crippen LogP contribution is -2.31. The zero-order valence-corrected chi connectivity index (χ0v) is 60.7. The van der Waals surface area contributed by atoms with E-state index in [1.807, 2.05) is 19.1 Å². The zero-order valence-electron chi connectivity index (χ0n) is 60.7. The number of likely N-dealkylation sites (tertiary alicyclic amines) is 3. The number of anilines is 6. The van der Waals surface area contributed by atoms with Gasteiger partial charge in [0.15, 0.2) is 34.4 Å². The second-order valence-electron chi connectivity index (χ2n) is 26.0. The van der Waals surface area contributed by atoms with Crippen LogP contribution in [0.3, 0.4) is 0 Å². The predicted molar refractivity (Wildman–Crippen MR) is 412 cm³/mol. The first-order valence-corrected chi connectivity index (χ1v) is 35.0. The number of hydrogen-bond acceptors (Lipinski definition) is 20. The fraction of sp³-hybridized carbons (Fsp3) is 0.218. The van der Waals surface area contributed by atoms with Crippen molar-refractivity contribution in [2.24, 2.45) is 0 Å².